The number of carbonyl (C=O) groups excluding carboxylic acids is 1. The lowest BCUT2D eigenvalue weighted by atomic mass is 10.1. The summed E-state index contributed by atoms with van der Waals surface area (Å²) in [4.78, 5) is 17.7. The number of nitrogens with zero attached hydrogens (tertiary/aromatic N) is 2. The first kappa shape index (κ1) is 24.9. The summed E-state index contributed by atoms with van der Waals surface area (Å²) in [6.07, 6.45) is 0.560. The number of aliphatic hydroxyl groups excluding tert-OH is 1. The molecule has 2 N–H and O–H groups in total. The molecule has 3 aromatic carbocycles. The molecule has 1 amide bonds. The Kier molecular flexibility index (Phi) is 7.80. The van der Waals surface area contributed by atoms with Crippen LogP contribution in [0.25, 0.3) is 22.4 Å². The van der Waals surface area contributed by atoms with E-state index in [4.69, 9.17) is 37.7 Å². The second-order valence-corrected chi connectivity index (χ2v) is 8.65. The van der Waals surface area contributed by atoms with E-state index in [1.54, 1.807) is 44.6 Å². The molecular formula is C26H25Cl2N3O4. The van der Waals surface area contributed by atoms with Crippen LogP contribution in [-0.4, -0.2) is 41.4 Å². The standard InChI is InChI=1S/C26H25Cl2N3O4/c1-34-23-6-3-5-18(24(23)35-2)15-29-26(33)17-8-10-22-21(14-17)30-25(31(22)11-4-12-32)16-7-9-19(27)20(28)13-16/h3,5-10,13-14,32H,4,11-12,15H2,1-2H3,(H,29,33). The van der Waals surface area contributed by atoms with Gasteiger partial charge < -0.3 is 24.5 Å². The molecule has 0 spiro atoms. The second kappa shape index (κ2) is 11.0. The summed E-state index contributed by atoms with van der Waals surface area (Å²) >= 11 is 12.3. The minimum absolute atomic E-state index is 0.0503. The van der Waals surface area contributed by atoms with Gasteiger partial charge in [0.15, 0.2) is 11.5 Å². The molecule has 0 atom stereocenters. The van der Waals surface area contributed by atoms with E-state index in [1.165, 1.54) is 0 Å². The zero-order valence-corrected chi connectivity index (χ0v) is 20.9. The summed E-state index contributed by atoms with van der Waals surface area (Å²) < 4.78 is 12.8. The van der Waals surface area contributed by atoms with Crippen molar-refractivity contribution in [3.8, 4) is 22.9 Å². The van der Waals surface area contributed by atoms with Crippen LogP contribution in [0.1, 0.15) is 22.3 Å². The van der Waals surface area contributed by atoms with Crippen LogP contribution in [0.2, 0.25) is 10.0 Å². The summed E-state index contributed by atoms with van der Waals surface area (Å²) in [7, 11) is 3.14. The molecule has 1 heterocycles. The van der Waals surface area contributed by atoms with Crippen molar-refractivity contribution in [3.63, 3.8) is 0 Å². The Hall–Kier alpha value is -3.26. The number of ether oxygens (including phenoxy) is 2. The van der Waals surface area contributed by atoms with Crippen molar-refractivity contribution in [2.75, 3.05) is 20.8 Å². The summed E-state index contributed by atoms with van der Waals surface area (Å²) in [5, 5.41) is 13.2. The Morgan fingerprint density at radius 2 is 1.89 bits per heavy atom. The molecule has 9 heteroatoms. The first-order chi connectivity index (χ1) is 17.0. The van der Waals surface area contributed by atoms with Gasteiger partial charge in [-0.3, -0.25) is 4.79 Å². The van der Waals surface area contributed by atoms with E-state index in [0.717, 1.165) is 16.6 Å². The van der Waals surface area contributed by atoms with Crippen LogP contribution in [0.5, 0.6) is 11.5 Å². The minimum atomic E-state index is -0.238. The number of nitrogens with one attached hydrogen (secondary N) is 1. The van der Waals surface area contributed by atoms with Crippen molar-refractivity contribution in [1.82, 2.24) is 14.9 Å². The maximum atomic E-state index is 12.9. The number of para-hydroxylation sites is 1. The van der Waals surface area contributed by atoms with Gasteiger partial charge in [-0.1, -0.05) is 35.3 Å². The number of halogens is 2. The van der Waals surface area contributed by atoms with Gasteiger partial charge in [0, 0.05) is 36.4 Å². The van der Waals surface area contributed by atoms with Crippen molar-refractivity contribution < 1.29 is 19.4 Å². The van der Waals surface area contributed by atoms with Crippen molar-refractivity contribution >= 4 is 40.1 Å². The molecule has 0 unspecified atom stereocenters. The van der Waals surface area contributed by atoms with E-state index in [-0.39, 0.29) is 19.1 Å². The van der Waals surface area contributed by atoms with Crippen LogP contribution in [0, 0.1) is 0 Å². The number of aryl methyl sites for hydroxylation is 1. The predicted molar refractivity (Wildman–Crippen MR) is 138 cm³/mol. The van der Waals surface area contributed by atoms with E-state index in [1.807, 2.05) is 28.8 Å². The van der Waals surface area contributed by atoms with Crippen molar-refractivity contribution in [1.29, 1.82) is 0 Å². The molecule has 182 valence electrons. The van der Waals surface area contributed by atoms with Crippen molar-refractivity contribution in [2.24, 2.45) is 0 Å². The highest BCUT2D eigenvalue weighted by atomic mass is 35.5. The number of methoxy groups -OCH3 is 2. The van der Waals surface area contributed by atoms with Crippen LogP contribution < -0.4 is 14.8 Å². The lowest BCUT2D eigenvalue weighted by molar-refractivity contribution is 0.0950. The Morgan fingerprint density at radius 3 is 2.60 bits per heavy atom. The molecule has 0 saturated carbocycles. The summed E-state index contributed by atoms with van der Waals surface area (Å²) in [6.45, 7) is 0.884. The van der Waals surface area contributed by atoms with Crippen molar-refractivity contribution in [3.05, 3.63) is 75.8 Å². The van der Waals surface area contributed by atoms with Gasteiger partial charge in [0.25, 0.3) is 5.91 Å². The van der Waals surface area contributed by atoms with Crippen LogP contribution in [0.4, 0.5) is 0 Å². The Bertz CT molecular complexity index is 1370. The molecular weight excluding hydrogens is 489 g/mol. The highest BCUT2D eigenvalue weighted by molar-refractivity contribution is 6.42. The molecule has 0 saturated heterocycles. The molecule has 0 bridgehead atoms. The largest absolute Gasteiger partial charge is 0.493 e. The van der Waals surface area contributed by atoms with Crippen LogP contribution in [-0.2, 0) is 13.1 Å². The van der Waals surface area contributed by atoms with Gasteiger partial charge in [-0.15, -0.1) is 0 Å². The zero-order chi connectivity index (χ0) is 24.9. The quantitative estimate of drug-likeness (QED) is 0.315. The van der Waals surface area contributed by atoms with Gasteiger partial charge in [-0.05, 0) is 48.9 Å². The fourth-order valence-corrected chi connectivity index (χ4v) is 4.25. The SMILES string of the molecule is COc1cccc(CNC(=O)c2ccc3c(c2)nc(-c2ccc(Cl)c(Cl)c2)n3CCCO)c1OC. The Morgan fingerprint density at radius 1 is 1.06 bits per heavy atom. The lowest BCUT2D eigenvalue weighted by Crippen LogP contribution is -2.23. The highest BCUT2D eigenvalue weighted by Gasteiger charge is 2.17. The van der Waals surface area contributed by atoms with Crippen LogP contribution in [0.15, 0.2) is 54.6 Å². The second-order valence-electron chi connectivity index (χ2n) is 7.83. The highest BCUT2D eigenvalue weighted by Crippen LogP contribution is 2.32. The number of imidazole rings is 1. The molecule has 4 rings (SSSR count). The number of rotatable bonds is 9. The predicted octanol–water partition coefficient (Wildman–Crippen LogP) is 5.34. The van der Waals surface area contributed by atoms with Gasteiger partial charge in [-0.25, -0.2) is 4.98 Å². The summed E-state index contributed by atoms with van der Waals surface area (Å²) in [5.41, 5.74) is 3.59. The van der Waals surface area contributed by atoms with Gasteiger partial charge in [0.2, 0.25) is 0 Å². The van der Waals surface area contributed by atoms with Gasteiger partial charge in [-0.2, -0.15) is 0 Å². The third kappa shape index (κ3) is 5.22. The van der Waals surface area contributed by atoms with Crippen LogP contribution >= 0.6 is 23.2 Å². The molecule has 0 aliphatic carbocycles. The van der Waals surface area contributed by atoms with E-state index >= 15 is 0 Å². The fourth-order valence-electron chi connectivity index (χ4n) is 3.95. The molecule has 1 aromatic heterocycles. The van der Waals surface area contributed by atoms with Crippen LogP contribution in [0.3, 0.4) is 0 Å². The normalized spacial score (nSPS) is 11.0. The molecule has 0 aliphatic rings. The first-order valence-electron chi connectivity index (χ1n) is 11.0. The molecule has 0 radical (unpaired) electrons. The van der Waals surface area contributed by atoms with E-state index in [9.17, 15) is 9.90 Å². The Labute approximate surface area is 213 Å². The minimum Gasteiger partial charge on any atom is -0.493 e. The first-order valence-corrected chi connectivity index (χ1v) is 11.8. The Balaban J connectivity index is 1.64. The third-order valence-electron chi connectivity index (χ3n) is 5.65. The number of fused-ring (bicyclic) bond motifs is 1. The van der Waals surface area contributed by atoms with Crippen molar-refractivity contribution in [2.45, 2.75) is 19.5 Å². The molecule has 7 nitrogen and oxygen atoms in total. The number of hydrogen-bond acceptors (Lipinski definition) is 5. The molecule has 4 aromatic rings. The van der Waals surface area contributed by atoms with Gasteiger partial charge in [0.05, 0.1) is 35.3 Å². The number of aromatic nitrogens is 2. The molecule has 0 aliphatic heterocycles. The third-order valence-corrected chi connectivity index (χ3v) is 6.39. The van der Waals surface area contributed by atoms with E-state index < -0.39 is 0 Å². The average molecular weight is 514 g/mol. The monoisotopic (exact) mass is 513 g/mol. The summed E-state index contributed by atoms with van der Waals surface area (Å²) in [5.74, 6) is 1.63. The maximum absolute atomic E-state index is 12.9. The number of amides is 1. The number of benzene rings is 3. The van der Waals surface area contributed by atoms with Gasteiger partial charge >= 0.3 is 0 Å². The summed E-state index contributed by atoms with van der Waals surface area (Å²) in [6, 6.07) is 16.2. The maximum Gasteiger partial charge on any atom is 0.251 e. The number of hydrogen-bond donors (Lipinski definition) is 2. The lowest BCUT2D eigenvalue weighted by Gasteiger charge is -2.13. The zero-order valence-electron chi connectivity index (χ0n) is 19.3. The smallest absolute Gasteiger partial charge is 0.251 e. The number of aliphatic hydroxyl groups is 1. The number of carbonyl (C=O) groups is 1. The van der Waals surface area contributed by atoms with E-state index in [2.05, 4.69) is 5.32 Å². The molecule has 35 heavy (non-hydrogen) atoms. The fraction of sp³-hybridized carbons (Fsp3) is 0.231. The van der Waals surface area contributed by atoms with E-state index in [0.29, 0.717) is 51.4 Å². The topological polar surface area (TPSA) is 85.6 Å². The average Bonchev–Trinajstić information content (AvgIpc) is 3.24. The molecule has 0 fully saturated rings. The van der Waals surface area contributed by atoms with Gasteiger partial charge in [0.1, 0.15) is 5.82 Å².